The van der Waals surface area contributed by atoms with Gasteiger partial charge in [0.05, 0.1) is 5.02 Å². The Hall–Kier alpha value is -1.74. The zero-order valence-corrected chi connectivity index (χ0v) is 12.2. The van der Waals surface area contributed by atoms with Crippen molar-refractivity contribution in [2.75, 3.05) is 5.43 Å². The minimum absolute atomic E-state index is 0.0249. The molecule has 6 nitrogen and oxygen atoms in total. The summed E-state index contributed by atoms with van der Waals surface area (Å²) < 4.78 is 39.3. The lowest BCUT2D eigenvalue weighted by Crippen LogP contribution is -2.23. The molecule has 2 aromatic rings. The second kappa shape index (κ2) is 6.35. The maximum Gasteiger partial charge on any atom is 0.242 e. The van der Waals surface area contributed by atoms with Crippen LogP contribution in [0, 0.1) is 5.82 Å². The molecule has 0 saturated carbocycles. The van der Waals surface area contributed by atoms with Gasteiger partial charge in [0, 0.05) is 12.7 Å². The molecule has 0 radical (unpaired) electrons. The Kier molecular flexibility index (Phi) is 4.73. The Balaban J connectivity index is 2.14. The van der Waals surface area contributed by atoms with Gasteiger partial charge in [-0.2, -0.15) is 0 Å². The number of nitrogen functional groups attached to an aromatic ring is 1. The number of benzene rings is 1. The van der Waals surface area contributed by atoms with Crippen LogP contribution in [-0.4, -0.2) is 13.4 Å². The number of rotatable bonds is 5. The molecule has 0 aliphatic carbocycles. The van der Waals surface area contributed by atoms with E-state index in [4.69, 9.17) is 17.4 Å². The van der Waals surface area contributed by atoms with Crippen LogP contribution in [0.1, 0.15) is 5.56 Å². The maximum absolute atomic E-state index is 12.8. The van der Waals surface area contributed by atoms with E-state index in [0.717, 1.165) is 6.20 Å². The Morgan fingerprint density at radius 1 is 1.29 bits per heavy atom. The number of hydrogen-bond donors (Lipinski definition) is 3. The van der Waals surface area contributed by atoms with Gasteiger partial charge in [0.15, 0.2) is 5.82 Å². The Bertz CT molecular complexity index is 737. The van der Waals surface area contributed by atoms with E-state index in [1.165, 1.54) is 30.3 Å². The van der Waals surface area contributed by atoms with E-state index in [2.05, 4.69) is 15.1 Å². The summed E-state index contributed by atoms with van der Waals surface area (Å²) in [5.41, 5.74) is 2.87. The standard InChI is InChI=1S/C12H12ClFN4O2S/c13-11-5-10(7-16-12(11)18-15)21(19,20)17-6-8-1-3-9(14)4-2-8/h1-5,7,17H,6,15H2,(H,16,18). The zero-order chi connectivity index (χ0) is 15.5. The second-order valence-corrected chi connectivity index (χ2v) is 6.27. The van der Waals surface area contributed by atoms with Gasteiger partial charge in [-0.1, -0.05) is 23.7 Å². The van der Waals surface area contributed by atoms with Crippen LogP contribution in [0.4, 0.5) is 10.2 Å². The molecule has 0 atom stereocenters. The first-order valence-electron chi connectivity index (χ1n) is 5.78. The minimum atomic E-state index is -3.78. The van der Waals surface area contributed by atoms with Gasteiger partial charge in [0.1, 0.15) is 10.7 Å². The van der Waals surface area contributed by atoms with E-state index in [9.17, 15) is 12.8 Å². The third-order valence-electron chi connectivity index (χ3n) is 2.64. The molecular formula is C12H12ClFN4O2S. The lowest BCUT2D eigenvalue weighted by atomic mass is 10.2. The lowest BCUT2D eigenvalue weighted by molar-refractivity contribution is 0.581. The van der Waals surface area contributed by atoms with Crippen LogP contribution in [-0.2, 0) is 16.6 Å². The Morgan fingerprint density at radius 2 is 1.95 bits per heavy atom. The molecule has 21 heavy (non-hydrogen) atoms. The summed E-state index contributed by atoms with van der Waals surface area (Å²) in [5.74, 6) is 4.95. The zero-order valence-electron chi connectivity index (χ0n) is 10.7. The number of sulfonamides is 1. The van der Waals surface area contributed by atoms with E-state index >= 15 is 0 Å². The number of nitrogens with one attached hydrogen (secondary N) is 2. The van der Waals surface area contributed by atoms with Gasteiger partial charge in [-0.25, -0.2) is 28.4 Å². The van der Waals surface area contributed by atoms with Gasteiger partial charge in [-0.3, -0.25) is 0 Å². The normalized spacial score (nSPS) is 11.4. The monoisotopic (exact) mass is 330 g/mol. The van der Waals surface area contributed by atoms with Crippen molar-refractivity contribution in [3.8, 4) is 0 Å². The fourth-order valence-electron chi connectivity index (χ4n) is 1.54. The third kappa shape index (κ3) is 3.88. The van der Waals surface area contributed by atoms with Crippen LogP contribution in [0.2, 0.25) is 5.02 Å². The summed E-state index contributed by atoms with van der Waals surface area (Å²) in [4.78, 5) is 3.70. The Labute approximate surface area is 126 Å². The number of halogens is 2. The molecule has 1 aromatic carbocycles. The first-order chi connectivity index (χ1) is 9.92. The van der Waals surface area contributed by atoms with Crippen molar-refractivity contribution in [3.05, 3.63) is 52.9 Å². The average molecular weight is 331 g/mol. The van der Waals surface area contributed by atoms with Crippen molar-refractivity contribution in [2.24, 2.45) is 5.84 Å². The molecule has 0 saturated heterocycles. The van der Waals surface area contributed by atoms with Gasteiger partial charge in [0.25, 0.3) is 0 Å². The number of hydrogen-bond acceptors (Lipinski definition) is 5. The quantitative estimate of drug-likeness (QED) is 0.572. The van der Waals surface area contributed by atoms with Gasteiger partial charge in [-0.15, -0.1) is 0 Å². The number of hydrazine groups is 1. The molecule has 0 bridgehead atoms. The van der Waals surface area contributed by atoms with Crippen molar-refractivity contribution >= 4 is 27.4 Å². The smallest absolute Gasteiger partial charge is 0.242 e. The highest BCUT2D eigenvalue weighted by molar-refractivity contribution is 7.89. The van der Waals surface area contributed by atoms with E-state index in [0.29, 0.717) is 5.56 Å². The van der Waals surface area contributed by atoms with Crippen molar-refractivity contribution in [3.63, 3.8) is 0 Å². The predicted octanol–water partition coefficient (Wildman–Crippen LogP) is 1.64. The van der Waals surface area contributed by atoms with Crippen molar-refractivity contribution in [2.45, 2.75) is 11.4 Å². The largest absolute Gasteiger partial charge is 0.307 e. The van der Waals surface area contributed by atoms with Gasteiger partial charge in [0.2, 0.25) is 10.0 Å². The van der Waals surface area contributed by atoms with Crippen LogP contribution in [0.5, 0.6) is 0 Å². The van der Waals surface area contributed by atoms with E-state index in [1.807, 2.05) is 0 Å². The molecule has 0 amide bonds. The first kappa shape index (κ1) is 15.6. The van der Waals surface area contributed by atoms with Crippen LogP contribution in [0.25, 0.3) is 0 Å². The average Bonchev–Trinajstić information content (AvgIpc) is 2.46. The second-order valence-electron chi connectivity index (χ2n) is 4.10. The number of nitrogens with zero attached hydrogens (tertiary/aromatic N) is 1. The molecule has 112 valence electrons. The molecule has 0 aliphatic rings. The summed E-state index contributed by atoms with van der Waals surface area (Å²) in [7, 11) is -3.78. The molecule has 0 unspecified atom stereocenters. The van der Waals surface area contributed by atoms with Crippen LogP contribution < -0.4 is 16.0 Å². The summed E-state index contributed by atoms with van der Waals surface area (Å²) in [6.45, 7) is 0.0249. The number of nitrogens with two attached hydrogens (primary N) is 1. The molecule has 1 aromatic heterocycles. The number of aromatic nitrogens is 1. The van der Waals surface area contributed by atoms with Gasteiger partial charge in [-0.05, 0) is 23.8 Å². The SMILES string of the molecule is NNc1ncc(S(=O)(=O)NCc2ccc(F)cc2)cc1Cl. The van der Waals surface area contributed by atoms with Crippen molar-refractivity contribution in [1.29, 1.82) is 0 Å². The topological polar surface area (TPSA) is 97.1 Å². The van der Waals surface area contributed by atoms with E-state index in [-0.39, 0.29) is 28.1 Å². The fourth-order valence-corrected chi connectivity index (χ4v) is 2.81. The van der Waals surface area contributed by atoms with E-state index < -0.39 is 10.0 Å². The number of pyridine rings is 1. The van der Waals surface area contributed by atoms with Gasteiger partial charge < -0.3 is 5.43 Å². The highest BCUT2D eigenvalue weighted by Gasteiger charge is 2.16. The maximum atomic E-state index is 12.8. The summed E-state index contributed by atoms with van der Waals surface area (Å²) in [5, 5.41) is 0.0853. The highest BCUT2D eigenvalue weighted by atomic mass is 35.5. The van der Waals surface area contributed by atoms with Crippen LogP contribution >= 0.6 is 11.6 Å². The van der Waals surface area contributed by atoms with Crippen LogP contribution in [0.3, 0.4) is 0 Å². The van der Waals surface area contributed by atoms with Crippen molar-refractivity contribution in [1.82, 2.24) is 9.71 Å². The predicted molar refractivity (Wildman–Crippen MR) is 77.5 cm³/mol. The number of anilines is 1. The molecule has 2 rings (SSSR count). The van der Waals surface area contributed by atoms with Gasteiger partial charge >= 0.3 is 0 Å². The summed E-state index contributed by atoms with van der Waals surface area (Å²) in [6.07, 6.45) is 1.13. The summed E-state index contributed by atoms with van der Waals surface area (Å²) >= 11 is 5.83. The van der Waals surface area contributed by atoms with E-state index in [1.54, 1.807) is 0 Å². The molecular weight excluding hydrogens is 319 g/mol. The first-order valence-corrected chi connectivity index (χ1v) is 7.65. The fraction of sp³-hybridized carbons (Fsp3) is 0.0833. The molecule has 1 heterocycles. The molecule has 0 aliphatic heterocycles. The summed E-state index contributed by atoms with van der Waals surface area (Å²) in [6, 6.07) is 6.72. The molecule has 0 spiro atoms. The van der Waals surface area contributed by atoms with Crippen molar-refractivity contribution < 1.29 is 12.8 Å². The van der Waals surface area contributed by atoms with Crippen LogP contribution in [0.15, 0.2) is 41.4 Å². The molecule has 9 heteroatoms. The highest BCUT2D eigenvalue weighted by Crippen LogP contribution is 2.21. The molecule has 4 N–H and O–H groups in total. The molecule has 0 fully saturated rings. The lowest BCUT2D eigenvalue weighted by Gasteiger charge is -2.08. The Morgan fingerprint density at radius 3 is 2.52 bits per heavy atom. The third-order valence-corrected chi connectivity index (χ3v) is 4.30. The minimum Gasteiger partial charge on any atom is -0.307 e.